The number of nitrogens with one attached hydrogen (secondary N) is 2. The maximum Gasteiger partial charge on any atom is 0.246 e. The zero-order chi connectivity index (χ0) is 30.5. The molecule has 1 saturated carbocycles. The third-order valence-electron chi connectivity index (χ3n) is 6.85. The van der Waals surface area contributed by atoms with Crippen molar-refractivity contribution < 1.29 is 9.53 Å². The smallest absolute Gasteiger partial charge is 0.246 e. The molecule has 1 saturated heterocycles. The summed E-state index contributed by atoms with van der Waals surface area (Å²) < 4.78 is 5.88. The molecule has 1 aliphatic heterocycles. The summed E-state index contributed by atoms with van der Waals surface area (Å²) in [6, 6.07) is 17.4. The van der Waals surface area contributed by atoms with Crippen molar-refractivity contribution in [2.75, 3.05) is 26.7 Å². The number of carbonyl (C=O) groups is 1. The Bertz CT molecular complexity index is 1270. The largest absolute Gasteiger partial charge is 0.457 e. The van der Waals surface area contributed by atoms with Gasteiger partial charge in [-0.3, -0.25) is 20.1 Å². The van der Waals surface area contributed by atoms with E-state index in [4.69, 9.17) is 20.9 Å². The highest BCUT2D eigenvalue weighted by Crippen LogP contribution is 2.25. The van der Waals surface area contributed by atoms with E-state index in [0.717, 1.165) is 18.7 Å². The molecule has 1 heterocycles. The third-order valence-corrected chi connectivity index (χ3v) is 6.85. The van der Waals surface area contributed by atoms with Crippen molar-refractivity contribution >= 4 is 17.5 Å². The van der Waals surface area contributed by atoms with E-state index in [1.54, 1.807) is 13.0 Å². The van der Waals surface area contributed by atoms with Crippen LogP contribution in [0.2, 0.25) is 0 Å². The quantitative estimate of drug-likeness (QED) is 0.178. The Balaban J connectivity index is 0.00000155. The van der Waals surface area contributed by atoms with E-state index in [2.05, 4.69) is 37.7 Å². The van der Waals surface area contributed by atoms with Gasteiger partial charge >= 0.3 is 0 Å². The molecule has 0 bridgehead atoms. The van der Waals surface area contributed by atoms with Gasteiger partial charge in [0, 0.05) is 43.0 Å². The van der Waals surface area contributed by atoms with E-state index >= 15 is 0 Å². The summed E-state index contributed by atoms with van der Waals surface area (Å²) in [6.07, 6.45) is 9.62. The first-order chi connectivity index (χ1) is 20.3. The lowest BCUT2D eigenvalue weighted by atomic mass is 9.99. The lowest BCUT2D eigenvalue weighted by Crippen LogP contribution is -2.31. The molecule has 1 atom stereocenters. The molecule has 4 rings (SSSR count). The van der Waals surface area contributed by atoms with Crippen LogP contribution in [0.15, 0.2) is 95.8 Å². The highest BCUT2D eigenvalue weighted by Gasteiger charge is 2.27. The Morgan fingerprint density at radius 3 is 2.38 bits per heavy atom. The molecular formula is C34H46N6O2. The fourth-order valence-electron chi connectivity index (χ4n) is 4.55. The average molecular weight is 571 g/mol. The minimum atomic E-state index is -0.109. The number of carbonyl (C=O) groups excluding carboxylic acids is 1. The molecular weight excluding hydrogens is 524 g/mol. The molecule has 0 radical (unpaired) electrons. The maximum atomic E-state index is 12.7. The molecule has 1 amide bonds. The highest BCUT2D eigenvalue weighted by molar-refractivity contribution is 6.29. The van der Waals surface area contributed by atoms with E-state index in [1.165, 1.54) is 25.5 Å². The number of ether oxygens (including phenoxy) is 1. The molecule has 2 aromatic carbocycles. The second-order valence-electron chi connectivity index (χ2n) is 10.7. The second kappa shape index (κ2) is 16.3. The van der Waals surface area contributed by atoms with Crippen LogP contribution in [0.3, 0.4) is 0 Å². The number of hydrogen-bond acceptors (Lipinski definition) is 6. The van der Waals surface area contributed by atoms with Crippen molar-refractivity contribution in [1.82, 2.24) is 15.1 Å². The monoisotopic (exact) mass is 570 g/mol. The number of nitrogens with two attached hydrogens (primary N) is 1. The fraction of sp³-hybridized carbons (Fsp3) is 0.382. The van der Waals surface area contributed by atoms with Gasteiger partial charge in [-0.15, -0.1) is 0 Å². The van der Waals surface area contributed by atoms with Crippen molar-refractivity contribution in [1.29, 1.82) is 5.41 Å². The summed E-state index contributed by atoms with van der Waals surface area (Å²) in [5.41, 5.74) is 8.16. The van der Waals surface area contributed by atoms with Crippen molar-refractivity contribution in [3.8, 4) is 11.5 Å². The van der Waals surface area contributed by atoms with E-state index < -0.39 is 0 Å². The van der Waals surface area contributed by atoms with Gasteiger partial charge in [0.25, 0.3) is 0 Å². The van der Waals surface area contributed by atoms with Crippen molar-refractivity contribution in [3.63, 3.8) is 0 Å². The standard InChI is InChI=1S/C31H38N6O2.C3H8/c1-4-34-31(35-24-18-20-37(21-24)28(38)11-8-19-36(3)25-14-15-25)29(22(2)32)30(33)23-12-16-27(17-13-23)39-26-9-6-5-7-10-26;1-3-2/h4-13,16-17,24-25,33H,1,14-15,18-21,32H2,2-3H3,(H,34,35);3H2,1-2H3/b11-8+,29-22+,33-30?;. The van der Waals surface area contributed by atoms with Crippen LogP contribution in [0.25, 0.3) is 0 Å². The number of likely N-dealkylation sites (N-methyl/N-ethyl adjacent to an activating group) is 1. The normalized spacial score (nSPS) is 17.4. The lowest BCUT2D eigenvalue weighted by molar-refractivity contribution is -0.125. The van der Waals surface area contributed by atoms with Crippen LogP contribution in [-0.2, 0) is 4.79 Å². The van der Waals surface area contributed by atoms with Crippen LogP contribution < -0.4 is 15.8 Å². The first-order valence-corrected chi connectivity index (χ1v) is 14.8. The molecule has 224 valence electrons. The van der Waals surface area contributed by atoms with E-state index in [9.17, 15) is 4.79 Å². The predicted molar refractivity (Wildman–Crippen MR) is 173 cm³/mol. The van der Waals surface area contributed by atoms with Crippen LogP contribution in [0.5, 0.6) is 11.5 Å². The predicted octanol–water partition coefficient (Wildman–Crippen LogP) is 5.88. The van der Waals surface area contributed by atoms with Crippen molar-refractivity contribution in [2.24, 2.45) is 10.7 Å². The average Bonchev–Trinajstić information content (AvgIpc) is 3.72. The van der Waals surface area contributed by atoms with Crippen LogP contribution in [0, 0.1) is 5.41 Å². The number of amidine groups is 1. The van der Waals surface area contributed by atoms with Gasteiger partial charge in [-0.05, 0) is 75.8 Å². The molecule has 2 aromatic rings. The summed E-state index contributed by atoms with van der Waals surface area (Å²) >= 11 is 0. The van der Waals surface area contributed by atoms with Gasteiger partial charge in [0.05, 0.1) is 17.3 Å². The lowest BCUT2D eigenvalue weighted by Gasteiger charge is -2.17. The van der Waals surface area contributed by atoms with E-state index in [1.807, 2.05) is 65.6 Å². The van der Waals surface area contributed by atoms with Crippen molar-refractivity contribution in [2.45, 2.75) is 58.5 Å². The van der Waals surface area contributed by atoms with Gasteiger partial charge in [-0.2, -0.15) is 0 Å². The summed E-state index contributed by atoms with van der Waals surface area (Å²) in [4.78, 5) is 21.7. The number of nitrogens with zero attached hydrogens (tertiary/aromatic N) is 3. The zero-order valence-electron chi connectivity index (χ0n) is 25.5. The zero-order valence-corrected chi connectivity index (χ0v) is 25.5. The fourth-order valence-corrected chi connectivity index (χ4v) is 4.55. The van der Waals surface area contributed by atoms with Gasteiger partial charge in [0.1, 0.15) is 17.3 Å². The number of para-hydroxylation sites is 1. The summed E-state index contributed by atoms with van der Waals surface area (Å²) in [7, 11) is 2.09. The maximum absolute atomic E-state index is 12.7. The van der Waals surface area contributed by atoms with Gasteiger partial charge in [-0.1, -0.05) is 51.1 Å². The number of likely N-dealkylation sites (tertiary alicyclic amines) is 1. The van der Waals surface area contributed by atoms with Gasteiger partial charge in [0.2, 0.25) is 5.91 Å². The number of rotatable bonds is 11. The number of allylic oxidation sites excluding steroid dienone is 1. The SMILES string of the molecule is C=CNC(=NC1CCN(C(=O)/C=C/CN(C)C2CC2)C1)/C(C(=N)c1ccc(Oc2ccccc2)cc1)=C(\C)N.CCC. The number of hydrogen-bond donors (Lipinski definition) is 3. The van der Waals surface area contributed by atoms with Gasteiger partial charge in [0.15, 0.2) is 0 Å². The third kappa shape index (κ3) is 9.73. The molecule has 1 aliphatic carbocycles. The van der Waals surface area contributed by atoms with Crippen LogP contribution in [0.1, 0.15) is 52.0 Å². The summed E-state index contributed by atoms with van der Waals surface area (Å²) in [5, 5.41) is 12.0. The second-order valence-corrected chi connectivity index (χ2v) is 10.7. The van der Waals surface area contributed by atoms with Crippen LogP contribution in [0.4, 0.5) is 0 Å². The Morgan fingerprint density at radius 2 is 1.79 bits per heavy atom. The summed E-state index contributed by atoms with van der Waals surface area (Å²) in [5.74, 6) is 1.90. The summed E-state index contributed by atoms with van der Waals surface area (Å²) in [6.45, 7) is 11.7. The Labute approximate surface area is 251 Å². The first-order valence-electron chi connectivity index (χ1n) is 14.8. The van der Waals surface area contributed by atoms with Crippen molar-refractivity contribution in [3.05, 3.63) is 96.4 Å². The van der Waals surface area contributed by atoms with E-state index in [0.29, 0.717) is 47.6 Å². The molecule has 2 fully saturated rings. The molecule has 8 heteroatoms. The highest BCUT2D eigenvalue weighted by atomic mass is 16.5. The molecule has 0 spiro atoms. The molecule has 0 aromatic heterocycles. The number of aliphatic imine (C=N–C) groups is 1. The number of benzene rings is 2. The molecule has 1 unspecified atom stereocenters. The number of amides is 1. The molecule has 4 N–H and O–H groups in total. The molecule has 8 nitrogen and oxygen atoms in total. The van der Waals surface area contributed by atoms with E-state index in [-0.39, 0.29) is 17.7 Å². The van der Waals surface area contributed by atoms with Gasteiger partial charge < -0.3 is 20.7 Å². The van der Waals surface area contributed by atoms with Crippen LogP contribution >= 0.6 is 0 Å². The first kappa shape index (κ1) is 32.3. The molecule has 2 aliphatic rings. The Kier molecular flexibility index (Phi) is 12.6. The Hall–Kier alpha value is -4.17. The topological polar surface area (TPSA) is 107 Å². The minimum absolute atomic E-state index is 0.00597. The molecule has 42 heavy (non-hydrogen) atoms. The minimum Gasteiger partial charge on any atom is -0.457 e. The van der Waals surface area contributed by atoms with Gasteiger partial charge in [-0.25, -0.2) is 0 Å². The van der Waals surface area contributed by atoms with Crippen LogP contribution in [-0.4, -0.2) is 66.0 Å². The Morgan fingerprint density at radius 1 is 1.14 bits per heavy atom.